The number of rotatable bonds is 4. The van der Waals surface area contributed by atoms with E-state index in [2.05, 4.69) is 15.6 Å². The Morgan fingerprint density at radius 1 is 1.21 bits per heavy atom. The minimum Gasteiger partial charge on any atom is -0.386 e. The first kappa shape index (κ1) is 13.1. The van der Waals surface area contributed by atoms with Gasteiger partial charge in [0.2, 0.25) is 0 Å². The summed E-state index contributed by atoms with van der Waals surface area (Å²) >= 11 is 0. The highest BCUT2D eigenvalue weighted by atomic mass is 16.1. The molecule has 0 aliphatic carbocycles. The Morgan fingerprint density at radius 3 is 2.63 bits per heavy atom. The number of pyridine rings is 1. The number of hydrogen-bond acceptors (Lipinski definition) is 3. The van der Waals surface area contributed by atoms with Gasteiger partial charge in [-0.05, 0) is 18.6 Å². The Labute approximate surface area is 112 Å². The van der Waals surface area contributed by atoms with Crippen LogP contribution in [0.2, 0.25) is 0 Å². The molecule has 0 fully saturated rings. The van der Waals surface area contributed by atoms with Crippen LogP contribution in [0.4, 0.5) is 5.69 Å². The van der Waals surface area contributed by atoms with Gasteiger partial charge in [-0.3, -0.25) is 9.78 Å². The van der Waals surface area contributed by atoms with E-state index in [1.807, 2.05) is 31.2 Å². The summed E-state index contributed by atoms with van der Waals surface area (Å²) in [6, 6.07) is 9.80. The fraction of sp³-hybridized carbons (Fsp3) is 0.200. The van der Waals surface area contributed by atoms with E-state index in [0.29, 0.717) is 12.1 Å². The monoisotopic (exact) mass is 255 g/mol. The summed E-state index contributed by atoms with van der Waals surface area (Å²) < 4.78 is 0. The molecule has 4 heteroatoms. The molecule has 19 heavy (non-hydrogen) atoms. The molecular formula is C15H17N3O. The van der Waals surface area contributed by atoms with Gasteiger partial charge in [-0.2, -0.15) is 0 Å². The number of hydrogen-bond donors (Lipinski definition) is 2. The maximum atomic E-state index is 12.1. The Kier molecular flexibility index (Phi) is 4.13. The summed E-state index contributed by atoms with van der Waals surface area (Å²) in [4.78, 5) is 16.1. The van der Waals surface area contributed by atoms with Crippen LogP contribution in [-0.2, 0) is 6.54 Å². The van der Waals surface area contributed by atoms with Gasteiger partial charge in [-0.1, -0.05) is 29.8 Å². The van der Waals surface area contributed by atoms with E-state index in [1.54, 1.807) is 25.5 Å². The van der Waals surface area contributed by atoms with Gasteiger partial charge < -0.3 is 10.6 Å². The largest absolute Gasteiger partial charge is 0.386 e. The van der Waals surface area contributed by atoms with Crippen molar-refractivity contribution in [3.05, 3.63) is 59.4 Å². The average molecular weight is 255 g/mol. The van der Waals surface area contributed by atoms with Gasteiger partial charge in [-0.25, -0.2) is 0 Å². The summed E-state index contributed by atoms with van der Waals surface area (Å²) in [6.07, 6.45) is 3.25. The molecule has 0 aliphatic heterocycles. The topological polar surface area (TPSA) is 54.0 Å². The van der Waals surface area contributed by atoms with Gasteiger partial charge in [0.1, 0.15) is 0 Å². The zero-order valence-electron chi connectivity index (χ0n) is 11.1. The maximum absolute atomic E-state index is 12.1. The Bertz CT molecular complexity index is 564. The molecule has 0 spiro atoms. The first-order chi connectivity index (χ1) is 9.20. The van der Waals surface area contributed by atoms with Crippen LogP contribution in [0.3, 0.4) is 0 Å². The van der Waals surface area contributed by atoms with Crippen molar-refractivity contribution < 1.29 is 4.79 Å². The number of amides is 1. The highest BCUT2D eigenvalue weighted by molar-refractivity contribution is 5.99. The molecule has 0 aliphatic rings. The number of carbonyl (C=O) groups is 1. The molecule has 1 heterocycles. The average Bonchev–Trinajstić information content (AvgIpc) is 2.46. The van der Waals surface area contributed by atoms with Crippen molar-refractivity contribution in [1.29, 1.82) is 0 Å². The normalized spacial score (nSPS) is 10.0. The molecule has 0 atom stereocenters. The molecule has 1 aromatic carbocycles. The zero-order valence-corrected chi connectivity index (χ0v) is 11.1. The van der Waals surface area contributed by atoms with E-state index in [0.717, 1.165) is 11.3 Å². The molecule has 0 saturated heterocycles. The lowest BCUT2D eigenvalue weighted by molar-refractivity contribution is 0.0951. The predicted molar refractivity (Wildman–Crippen MR) is 76.1 cm³/mol. The predicted octanol–water partition coefficient (Wildman–Crippen LogP) is 2.36. The minimum atomic E-state index is -0.104. The van der Waals surface area contributed by atoms with Crippen molar-refractivity contribution in [3.8, 4) is 0 Å². The molecule has 4 nitrogen and oxygen atoms in total. The van der Waals surface area contributed by atoms with E-state index in [4.69, 9.17) is 0 Å². The van der Waals surface area contributed by atoms with Crippen molar-refractivity contribution in [2.24, 2.45) is 0 Å². The third-order valence-electron chi connectivity index (χ3n) is 2.91. The van der Waals surface area contributed by atoms with E-state index < -0.39 is 0 Å². The Balaban J connectivity index is 2.03. The summed E-state index contributed by atoms with van der Waals surface area (Å²) in [5, 5.41) is 5.86. The highest BCUT2D eigenvalue weighted by Gasteiger charge is 2.09. The molecule has 1 amide bonds. The SMILES string of the molecule is CNc1cnccc1C(=O)NCc1ccc(C)cc1. The van der Waals surface area contributed by atoms with Crippen molar-refractivity contribution in [1.82, 2.24) is 10.3 Å². The summed E-state index contributed by atoms with van der Waals surface area (Å²) in [6.45, 7) is 2.56. The summed E-state index contributed by atoms with van der Waals surface area (Å²) in [7, 11) is 1.77. The molecule has 0 radical (unpaired) electrons. The van der Waals surface area contributed by atoms with Crippen LogP contribution >= 0.6 is 0 Å². The fourth-order valence-electron chi connectivity index (χ4n) is 1.78. The number of nitrogens with one attached hydrogen (secondary N) is 2. The lowest BCUT2D eigenvalue weighted by Gasteiger charge is -2.09. The van der Waals surface area contributed by atoms with Crippen molar-refractivity contribution in [2.45, 2.75) is 13.5 Å². The van der Waals surface area contributed by atoms with Crippen LogP contribution in [0.5, 0.6) is 0 Å². The number of aryl methyl sites for hydroxylation is 1. The standard InChI is InChI=1S/C15H17N3O/c1-11-3-5-12(6-4-11)9-18-15(19)13-7-8-17-10-14(13)16-2/h3-8,10,16H,9H2,1-2H3,(H,18,19). The lowest BCUT2D eigenvalue weighted by Crippen LogP contribution is -2.23. The lowest BCUT2D eigenvalue weighted by atomic mass is 10.1. The van der Waals surface area contributed by atoms with E-state index >= 15 is 0 Å². The van der Waals surface area contributed by atoms with Gasteiger partial charge in [-0.15, -0.1) is 0 Å². The summed E-state index contributed by atoms with van der Waals surface area (Å²) in [5.74, 6) is -0.104. The molecule has 2 N–H and O–H groups in total. The van der Waals surface area contributed by atoms with Gasteiger partial charge in [0, 0.05) is 19.8 Å². The second kappa shape index (κ2) is 6.00. The van der Waals surface area contributed by atoms with Gasteiger partial charge in [0.25, 0.3) is 5.91 Å². The maximum Gasteiger partial charge on any atom is 0.253 e. The van der Waals surface area contributed by atoms with Crippen molar-refractivity contribution in [2.75, 3.05) is 12.4 Å². The zero-order chi connectivity index (χ0) is 13.7. The third kappa shape index (κ3) is 3.31. The molecule has 98 valence electrons. The third-order valence-corrected chi connectivity index (χ3v) is 2.91. The second-order valence-corrected chi connectivity index (χ2v) is 4.34. The molecule has 0 saturated carbocycles. The quantitative estimate of drug-likeness (QED) is 0.881. The smallest absolute Gasteiger partial charge is 0.253 e. The highest BCUT2D eigenvalue weighted by Crippen LogP contribution is 2.12. The number of aromatic nitrogens is 1. The van der Waals surface area contributed by atoms with E-state index in [1.165, 1.54) is 5.56 Å². The fourth-order valence-corrected chi connectivity index (χ4v) is 1.78. The van der Waals surface area contributed by atoms with Crippen LogP contribution in [0.25, 0.3) is 0 Å². The first-order valence-electron chi connectivity index (χ1n) is 6.16. The minimum absolute atomic E-state index is 0.104. The first-order valence-corrected chi connectivity index (χ1v) is 6.16. The summed E-state index contributed by atoms with van der Waals surface area (Å²) in [5.41, 5.74) is 3.62. The molecule has 2 rings (SSSR count). The second-order valence-electron chi connectivity index (χ2n) is 4.34. The number of benzene rings is 1. The van der Waals surface area contributed by atoms with Gasteiger partial charge >= 0.3 is 0 Å². The van der Waals surface area contributed by atoms with Crippen molar-refractivity contribution >= 4 is 11.6 Å². The van der Waals surface area contributed by atoms with Crippen LogP contribution in [0, 0.1) is 6.92 Å². The number of carbonyl (C=O) groups excluding carboxylic acids is 1. The van der Waals surface area contributed by atoms with E-state index in [-0.39, 0.29) is 5.91 Å². The Morgan fingerprint density at radius 2 is 1.95 bits per heavy atom. The molecule has 2 aromatic rings. The Hall–Kier alpha value is -2.36. The van der Waals surface area contributed by atoms with E-state index in [9.17, 15) is 4.79 Å². The van der Waals surface area contributed by atoms with Gasteiger partial charge in [0.15, 0.2) is 0 Å². The molecular weight excluding hydrogens is 238 g/mol. The van der Waals surface area contributed by atoms with Crippen LogP contribution in [0.15, 0.2) is 42.7 Å². The molecule has 0 unspecified atom stereocenters. The van der Waals surface area contributed by atoms with Crippen molar-refractivity contribution in [3.63, 3.8) is 0 Å². The van der Waals surface area contributed by atoms with Gasteiger partial charge in [0.05, 0.1) is 17.4 Å². The number of anilines is 1. The number of nitrogens with zero attached hydrogens (tertiary/aromatic N) is 1. The molecule has 0 bridgehead atoms. The molecule has 1 aromatic heterocycles. The van der Waals surface area contributed by atoms with Crippen LogP contribution in [-0.4, -0.2) is 17.9 Å². The van der Waals surface area contributed by atoms with Crippen LogP contribution in [0.1, 0.15) is 21.5 Å². The van der Waals surface area contributed by atoms with Crippen LogP contribution < -0.4 is 10.6 Å².